The maximum absolute atomic E-state index is 12.2. The number of carboxylic acid groups (broad SMARTS) is 1. The van der Waals surface area contributed by atoms with Crippen LogP contribution in [0.1, 0.15) is 20.3 Å². The molecule has 19 heavy (non-hydrogen) atoms. The SMILES string of the molecule is CCN(CCCN(C)C)C(=O)N(C)CC(C)C(=O)O. The van der Waals surface area contributed by atoms with Gasteiger partial charge in [-0.25, -0.2) is 4.79 Å². The van der Waals surface area contributed by atoms with Gasteiger partial charge in [0.1, 0.15) is 0 Å². The van der Waals surface area contributed by atoms with Crippen LogP contribution in [0.3, 0.4) is 0 Å². The first-order chi connectivity index (χ1) is 8.79. The van der Waals surface area contributed by atoms with Crippen LogP contribution in [-0.4, -0.2) is 79.1 Å². The third-order valence-corrected chi connectivity index (χ3v) is 2.98. The number of nitrogens with zero attached hydrogens (tertiary/aromatic N) is 3. The fourth-order valence-corrected chi connectivity index (χ4v) is 1.78. The summed E-state index contributed by atoms with van der Waals surface area (Å²) in [6, 6.07) is -0.102. The summed E-state index contributed by atoms with van der Waals surface area (Å²) < 4.78 is 0. The van der Waals surface area contributed by atoms with Gasteiger partial charge in [0.25, 0.3) is 0 Å². The molecule has 1 unspecified atom stereocenters. The zero-order chi connectivity index (χ0) is 15.0. The van der Waals surface area contributed by atoms with Crippen LogP contribution in [0.5, 0.6) is 0 Å². The molecule has 6 heteroatoms. The fraction of sp³-hybridized carbons (Fsp3) is 0.846. The molecule has 0 rings (SSSR count). The van der Waals surface area contributed by atoms with Crippen LogP contribution in [0.15, 0.2) is 0 Å². The number of carbonyl (C=O) groups excluding carboxylic acids is 1. The zero-order valence-corrected chi connectivity index (χ0v) is 12.7. The summed E-state index contributed by atoms with van der Waals surface area (Å²) in [7, 11) is 5.65. The van der Waals surface area contributed by atoms with Crippen LogP contribution >= 0.6 is 0 Å². The zero-order valence-electron chi connectivity index (χ0n) is 12.7. The summed E-state index contributed by atoms with van der Waals surface area (Å²) in [5.41, 5.74) is 0. The molecular formula is C13H27N3O3. The van der Waals surface area contributed by atoms with E-state index in [1.807, 2.05) is 21.0 Å². The first-order valence-corrected chi connectivity index (χ1v) is 6.67. The maximum Gasteiger partial charge on any atom is 0.319 e. The number of amides is 2. The Morgan fingerprint density at radius 3 is 2.16 bits per heavy atom. The molecule has 0 aromatic carbocycles. The molecule has 0 bridgehead atoms. The standard InChI is InChI=1S/C13H27N3O3/c1-6-16(9-7-8-14(3)4)13(19)15(5)10-11(2)12(17)18/h11H,6-10H2,1-5H3,(H,17,18). The van der Waals surface area contributed by atoms with Crippen LogP contribution in [0.2, 0.25) is 0 Å². The molecule has 2 amide bonds. The van der Waals surface area contributed by atoms with Crippen LogP contribution < -0.4 is 0 Å². The van der Waals surface area contributed by atoms with Gasteiger partial charge >= 0.3 is 12.0 Å². The van der Waals surface area contributed by atoms with Crippen molar-refractivity contribution in [3.05, 3.63) is 0 Å². The summed E-state index contributed by atoms with van der Waals surface area (Å²) in [5.74, 6) is -1.43. The lowest BCUT2D eigenvalue weighted by molar-refractivity contribution is -0.141. The van der Waals surface area contributed by atoms with E-state index in [4.69, 9.17) is 5.11 Å². The smallest absolute Gasteiger partial charge is 0.319 e. The molecule has 6 nitrogen and oxygen atoms in total. The Morgan fingerprint density at radius 1 is 1.16 bits per heavy atom. The van der Waals surface area contributed by atoms with Gasteiger partial charge in [0.05, 0.1) is 5.92 Å². The van der Waals surface area contributed by atoms with Crippen LogP contribution in [-0.2, 0) is 4.79 Å². The Labute approximate surface area is 116 Å². The van der Waals surface area contributed by atoms with Gasteiger partial charge in [-0.05, 0) is 34.0 Å². The van der Waals surface area contributed by atoms with Crippen molar-refractivity contribution in [2.24, 2.45) is 5.92 Å². The maximum atomic E-state index is 12.2. The first-order valence-electron chi connectivity index (χ1n) is 6.67. The topological polar surface area (TPSA) is 64.1 Å². The fourth-order valence-electron chi connectivity index (χ4n) is 1.78. The van der Waals surface area contributed by atoms with E-state index in [0.717, 1.165) is 13.0 Å². The normalized spacial score (nSPS) is 12.3. The average molecular weight is 273 g/mol. The molecule has 0 saturated carbocycles. The summed E-state index contributed by atoms with van der Waals surface area (Å²) in [6.07, 6.45) is 0.912. The monoisotopic (exact) mass is 273 g/mol. The van der Waals surface area contributed by atoms with E-state index in [2.05, 4.69) is 4.90 Å². The lowest BCUT2D eigenvalue weighted by Crippen LogP contribution is -2.44. The number of urea groups is 1. The highest BCUT2D eigenvalue weighted by molar-refractivity contribution is 5.75. The molecule has 0 saturated heterocycles. The lowest BCUT2D eigenvalue weighted by atomic mass is 10.2. The second-order valence-corrected chi connectivity index (χ2v) is 5.14. The number of aliphatic carboxylic acids is 1. The van der Waals surface area contributed by atoms with Crippen molar-refractivity contribution < 1.29 is 14.7 Å². The lowest BCUT2D eigenvalue weighted by Gasteiger charge is -2.28. The Kier molecular flexibility index (Phi) is 8.14. The van der Waals surface area contributed by atoms with Crippen molar-refractivity contribution in [1.29, 1.82) is 0 Å². The number of hydrogen-bond donors (Lipinski definition) is 1. The highest BCUT2D eigenvalue weighted by Crippen LogP contribution is 2.04. The van der Waals surface area contributed by atoms with Crippen molar-refractivity contribution in [3.8, 4) is 0 Å². The quantitative estimate of drug-likeness (QED) is 0.717. The van der Waals surface area contributed by atoms with E-state index in [-0.39, 0.29) is 12.6 Å². The molecule has 0 aliphatic rings. The van der Waals surface area contributed by atoms with Crippen molar-refractivity contribution in [1.82, 2.24) is 14.7 Å². The van der Waals surface area contributed by atoms with Crippen molar-refractivity contribution in [2.75, 3.05) is 47.3 Å². The van der Waals surface area contributed by atoms with Gasteiger partial charge in [-0.1, -0.05) is 6.92 Å². The predicted molar refractivity (Wildman–Crippen MR) is 75.2 cm³/mol. The van der Waals surface area contributed by atoms with Crippen LogP contribution in [0.25, 0.3) is 0 Å². The van der Waals surface area contributed by atoms with Gasteiger partial charge in [-0.3, -0.25) is 4.79 Å². The second-order valence-electron chi connectivity index (χ2n) is 5.14. The van der Waals surface area contributed by atoms with E-state index in [9.17, 15) is 9.59 Å². The van der Waals surface area contributed by atoms with Gasteiger partial charge in [0, 0.05) is 26.7 Å². The summed E-state index contributed by atoms with van der Waals surface area (Å²) >= 11 is 0. The Morgan fingerprint density at radius 2 is 1.74 bits per heavy atom. The van der Waals surface area contributed by atoms with Gasteiger partial charge in [-0.15, -0.1) is 0 Å². The third kappa shape index (κ3) is 7.00. The van der Waals surface area contributed by atoms with E-state index in [1.54, 1.807) is 18.9 Å². The molecule has 0 aliphatic heterocycles. The Hall–Kier alpha value is -1.30. The highest BCUT2D eigenvalue weighted by Gasteiger charge is 2.20. The summed E-state index contributed by atoms with van der Waals surface area (Å²) in [6.45, 7) is 6.03. The van der Waals surface area contributed by atoms with E-state index < -0.39 is 11.9 Å². The van der Waals surface area contributed by atoms with Crippen molar-refractivity contribution in [3.63, 3.8) is 0 Å². The van der Waals surface area contributed by atoms with E-state index in [1.165, 1.54) is 4.90 Å². The molecule has 0 radical (unpaired) electrons. The molecule has 112 valence electrons. The molecule has 0 fully saturated rings. The van der Waals surface area contributed by atoms with Crippen molar-refractivity contribution >= 4 is 12.0 Å². The number of hydrogen-bond acceptors (Lipinski definition) is 3. The van der Waals surface area contributed by atoms with Crippen LogP contribution in [0, 0.1) is 5.92 Å². The van der Waals surface area contributed by atoms with Gasteiger partial charge in [-0.2, -0.15) is 0 Å². The average Bonchev–Trinajstić information content (AvgIpc) is 2.33. The first kappa shape index (κ1) is 17.7. The highest BCUT2D eigenvalue weighted by atomic mass is 16.4. The Bertz CT molecular complexity index is 295. The molecule has 0 spiro atoms. The minimum atomic E-state index is -0.879. The van der Waals surface area contributed by atoms with Crippen molar-refractivity contribution in [2.45, 2.75) is 20.3 Å². The van der Waals surface area contributed by atoms with Crippen LogP contribution in [0.4, 0.5) is 4.79 Å². The minimum Gasteiger partial charge on any atom is -0.481 e. The summed E-state index contributed by atoms with van der Waals surface area (Å²) in [4.78, 5) is 28.3. The Balaban J connectivity index is 4.28. The molecule has 0 aromatic heterocycles. The molecular weight excluding hydrogens is 246 g/mol. The predicted octanol–water partition coefficient (Wildman–Crippen LogP) is 1.03. The van der Waals surface area contributed by atoms with Gasteiger partial charge in [0.2, 0.25) is 0 Å². The van der Waals surface area contributed by atoms with E-state index >= 15 is 0 Å². The molecule has 1 N–H and O–H groups in total. The number of rotatable bonds is 8. The summed E-state index contributed by atoms with van der Waals surface area (Å²) in [5, 5.41) is 8.85. The molecule has 0 heterocycles. The molecule has 0 aliphatic carbocycles. The second kappa shape index (κ2) is 8.74. The van der Waals surface area contributed by atoms with Gasteiger partial charge in [0.15, 0.2) is 0 Å². The van der Waals surface area contributed by atoms with Gasteiger partial charge < -0.3 is 19.8 Å². The van der Waals surface area contributed by atoms with E-state index in [0.29, 0.717) is 13.1 Å². The molecule has 1 atom stereocenters. The largest absolute Gasteiger partial charge is 0.481 e. The number of carboxylic acids is 1. The minimum absolute atomic E-state index is 0.102. The third-order valence-electron chi connectivity index (χ3n) is 2.98. The number of carbonyl (C=O) groups is 2. The molecule has 0 aromatic rings.